The average Bonchev–Trinajstić information content (AvgIpc) is 2.17. The van der Waals surface area contributed by atoms with E-state index in [1.54, 1.807) is 0 Å². The number of carbonyl (C=O) groups is 1. The van der Waals surface area contributed by atoms with Crippen LogP contribution >= 0.6 is 11.8 Å². The number of thioether (sulfide) groups is 1. The maximum Gasteiger partial charge on any atom is 0.314 e. The molecule has 1 aliphatic heterocycles. The topological polar surface area (TPSA) is 41.1 Å². The fourth-order valence-corrected chi connectivity index (χ4v) is 2.61. The minimum Gasteiger partial charge on any atom is -0.338 e. The number of nitrogens with one attached hydrogen (secondary N) is 2. The highest BCUT2D eigenvalue weighted by molar-refractivity contribution is 7.99. The van der Waals surface area contributed by atoms with Crippen molar-refractivity contribution in [3.8, 4) is 0 Å². The maximum absolute atomic E-state index is 11.1. The largest absolute Gasteiger partial charge is 0.338 e. The lowest BCUT2D eigenvalue weighted by atomic mass is 10.0. The summed E-state index contributed by atoms with van der Waals surface area (Å²) in [5.41, 5.74) is 0. The van der Waals surface area contributed by atoms with Crippen molar-refractivity contribution in [3.05, 3.63) is 0 Å². The molecule has 4 heteroatoms. The van der Waals surface area contributed by atoms with E-state index in [9.17, 15) is 4.79 Å². The van der Waals surface area contributed by atoms with Gasteiger partial charge in [0.2, 0.25) is 0 Å². The van der Waals surface area contributed by atoms with Crippen molar-refractivity contribution in [2.24, 2.45) is 5.92 Å². The average molecular weight is 202 g/mol. The van der Waals surface area contributed by atoms with Crippen molar-refractivity contribution in [1.29, 1.82) is 0 Å². The first-order valence-corrected chi connectivity index (χ1v) is 6.08. The number of hydrogen-bond donors (Lipinski definition) is 2. The zero-order chi connectivity index (χ0) is 9.52. The van der Waals surface area contributed by atoms with Crippen LogP contribution in [0.3, 0.4) is 0 Å². The smallest absolute Gasteiger partial charge is 0.314 e. The van der Waals surface area contributed by atoms with Crippen LogP contribution in [0.1, 0.15) is 19.8 Å². The van der Waals surface area contributed by atoms with Crippen molar-refractivity contribution in [3.63, 3.8) is 0 Å². The van der Waals surface area contributed by atoms with Gasteiger partial charge in [-0.15, -0.1) is 0 Å². The monoisotopic (exact) mass is 202 g/mol. The molecular formula is C9H18N2OS. The molecule has 1 aliphatic rings. The van der Waals surface area contributed by atoms with Gasteiger partial charge in [-0.25, -0.2) is 4.79 Å². The summed E-state index contributed by atoms with van der Waals surface area (Å²) in [7, 11) is 0. The first-order chi connectivity index (χ1) is 6.33. The molecule has 0 radical (unpaired) electrons. The van der Waals surface area contributed by atoms with E-state index in [-0.39, 0.29) is 6.03 Å². The molecule has 1 fully saturated rings. The van der Waals surface area contributed by atoms with E-state index in [2.05, 4.69) is 10.6 Å². The molecular weight excluding hydrogens is 184 g/mol. The Morgan fingerprint density at radius 1 is 1.38 bits per heavy atom. The number of urea groups is 1. The van der Waals surface area contributed by atoms with E-state index >= 15 is 0 Å². The maximum atomic E-state index is 11.1. The Kier molecular flexibility index (Phi) is 5.05. The van der Waals surface area contributed by atoms with E-state index in [4.69, 9.17) is 0 Å². The highest BCUT2D eigenvalue weighted by Crippen LogP contribution is 2.21. The molecule has 1 saturated heterocycles. The van der Waals surface area contributed by atoms with E-state index in [1.165, 1.54) is 24.3 Å². The first kappa shape index (κ1) is 10.7. The molecule has 0 bridgehead atoms. The van der Waals surface area contributed by atoms with Gasteiger partial charge in [0.05, 0.1) is 0 Å². The summed E-state index contributed by atoms with van der Waals surface area (Å²) in [5, 5.41) is 5.62. The second kappa shape index (κ2) is 6.13. The molecule has 0 aromatic rings. The summed E-state index contributed by atoms with van der Waals surface area (Å²) in [6.45, 7) is 3.47. The lowest BCUT2D eigenvalue weighted by Gasteiger charge is -2.21. The van der Waals surface area contributed by atoms with Crippen molar-refractivity contribution in [2.75, 3.05) is 24.6 Å². The Morgan fingerprint density at radius 3 is 2.69 bits per heavy atom. The molecule has 1 heterocycles. The van der Waals surface area contributed by atoms with Gasteiger partial charge in [0.25, 0.3) is 0 Å². The third-order valence-corrected chi connectivity index (χ3v) is 3.28. The standard InChI is InChI=1S/C9H18N2OS/c1-2-10-9(12)11-7-8-3-5-13-6-4-8/h8H,2-7H2,1H3,(H2,10,11,12). The minimum absolute atomic E-state index is 0.0271. The van der Waals surface area contributed by atoms with Gasteiger partial charge in [-0.1, -0.05) is 0 Å². The van der Waals surface area contributed by atoms with E-state index in [0.29, 0.717) is 12.5 Å². The molecule has 0 spiro atoms. The normalized spacial score (nSPS) is 18.2. The summed E-state index contributed by atoms with van der Waals surface area (Å²) >= 11 is 2.01. The zero-order valence-corrected chi connectivity index (χ0v) is 8.95. The Labute approximate surface area is 84.0 Å². The molecule has 0 atom stereocenters. The summed E-state index contributed by atoms with van der Waals surface area (Å²) in [6, 6.07) is -0.0271. The Bertz CT molecular complexity index is 158. The predicted octanol–water partition coefficient (Wildman–Crippen LogP) is 1.45. The number of amides is 2. The lowest BCUT2D eigenvalue weighted by molar-refractivity contribution is 0.239. The van der Waals surface area contributed by atoms with Gasteiger partial charge in [-0.2, -0.15) is 11.8 Å². The highest BCUT2D eigenvalue weighted by Gasteiger charge is 2.13. The minimum atomic E-state index is -0.0271. The van der Waals surface area contributed by atoms with Crippen molar-refractivity contribution >= 4 is 17.8 Å². The third kappa shape index (κ3) is 4.41. The van der Waals surface area contributed by atoms with Gasteiger partial charge in [-0.3, -0.25) is 0 Å². The SMILES string of the molecule is CCNC(=O)NCC1CCSCC1. The Hall–Kier alpha value is -0.380. The first-order valence-electron chi connectivity index (χ1n) is 4.92. The summed E-state index contributed by atoms with van der Waals surface area (Å²) in [4.78, 5) is 11.1. The zero-order valence-electron chi connectivity index (χ0n) is 8.14. The van der Waals surface area contributed by atoms with Crippen molar-refractivity contribution in [1.82, 2.24) is 10.6 Å². The van der Waals surface area contributed by atoms with Gasteiger partial charge < -0.3 is 10.6 Å². The molecule has 2 N–H and O–H groups in total. The van der Waals surface area contributed by atoms with Crippen LogP contribution in [-0.4, -0.2) is 30.6 Å². The van der Waals surface area contributed by atoms with Crippen LogP contribution in [0.4, 0.5) is 4.79 Å². The molecule has 0 saturated carbocycles. The molecule has 76 valence electrons. The Morgan fingerprint density at radius 2 is 2.08 bits per heavy atom. The van der Waals surface area contributed by atoms with Crippen molar-refractivity contribution < 1.29 is 4.79 Å². The van der Waals surface area contributed by atoms with E-state index < -0.39 is 0 Å². The van der Waals surface area contributed by atoms with Crippen LogP contribution in [0.25, 0.3) is 0 Å². The van der Waals surface area contributed by atoms with Gasteiger partial charge in [0.15, 0.2) is 0 Å². The van der Waals surface area contributed by atoms with Gasteiger partial charge in [0.1, 0.15) is 0 Å². The number of hydrogen-bond acceptors (Lipinski definition) is 2. The van der Waals surface area contributed by atoms with Crippen LogP contribution in [0, 0.1) is 5.92 Å². The summed E-state index contributed by atoms with van der Waals surface area (Å²) < 4.78 is 0. The molecule has 2 amide bonds. The van der Waals surface area contributed by atoms with E-state index in [1.807, 2.05) is 18.7 Å². The fraction of sp³-hybridized carbons (Fsp3) is 0.889. The van der Waals surface area contributed by atoms with Crippen LogP contribution in [0.15, 0.2) is 0 Å². The van der Waals surface area contributed by atoms with Gasteiger partial charge in [0, 0.05) is 13.1 Å². The van der Waals surface area contributed by atoms with E-state index in [0.717, 1.165) is 6.54 Å². The van der Waals surface area contributed by atoms with Crippen LogP contribution in [0.2, 0.25) is 0 Å². The molecule has 0 aliphatic carbocycles. The summed E-state index contributed by atoms with van der Waals surface area (Å²) in [6.07, 6.45) is 2.49. The quantitative estimate of drug-likeness (QED) is 0.727. The van der Waals surface area contributed by atoms with Crippen LogP contribution in [-0.2, 0) is 0 Å². The lowest BCUT2D eigenvalue weighted by Crippen LogP contribution is -2.38. The molecule has 0 aromatic carbocycles. The van der Waals surface area contributed by atoms with Crippen LogP contribution in [0.5, 0.6) is 0 Å². The molecule has 0 unspecified atom stereocenters. The third-order valence-electron chi connectivity index (χ3n) is 2.23. The Balaban J connectivity index is 2.06. The van der Waals surface area contributed by atoms with Gasteiger partial charge >= 0.3 is 6.03 Å². The molecule has 3 nitrogen and oxygen atoms in total. The molecule has 1 rings (SSSR count). The second-order valence-electron chi connectivity index (χ2n) is 3.30. The second-order valence-corrected chi connectivity index (χ2v) is 4.52. The highest BCUT2D eigenvalue weighted by atomic mass is 32.2. The van der Waals surface area contributed by atoms with Crippen molar-refractivity contribution in [2.45, 2.75) is 19.8 Å². The van der Waals surface area contributed by atoms with Gasteiger partial charge in [-0.05, 0) is 37.2 Å². The van der Waals surface area contributed by atoms with Crippen LogP contribution < -0.4 is 10.6 Å². The predicted molar refractivity (Wildman–Crippen MR) is 57.1 cm³/mol. The number of rotatable bonds is 3. The molecule has 13 heavy (non-hydrogen) atoms. The molecule has 0 aromatic heterocycles. The fourth-order valence-electron chi connectivity index (χ4n) is 1.41. The summed E-state index contributed by atoms with van der Waals surface area (Å²) in [5.74, 6) is 3.20. The number of carbonyl (C=O) groups excluding carboxylic acids is 1.